The van der Waals surface area contributed by atoms with Crippen LogP contribution in [0.5, 0.6) is 0 Å². The van der Waals surface area contributed by atoms with Crippen molar-refractivity contribution in [2.45, 2.75) is 45.4 Å². The van der Waals surface area contributed by atoms with E-state index in [0.717, 1.165) is 0 Å². The average Bonchev–Trinajstić information content (AvgIpc) is 2.32. The van der Waals surface area contributed by atoms with Crippen molar-refractivity contribution in [1.82, 2.24) is 0 Å². The van der Waals surface area contributed by atoms with E-state index in [9.17, 15) is 4.79 Å². The molecule has 1 aliphatic carbocycles. The van der Waals surface area contributed by atoms with Gasteiger partial charge in [0.2, 0.25) is 0 Å². The normalized spacial score (nSPS) is 20.1. The highest BCUT2D eigenvalue weighted by Gasteiger charge is 2.09. The topological polar surface area (TPSA) is 38.7 Å². The summed E-state index contributed by atoms with van der Waals surface area (Å²) in [6.07, 6.45) is 9.37. The van der Waals surface area contributed by atoms with Crippen molar-refractivity contribution in [2.75, 3.05) is 0 Å². The Kier molecular flexibility index (Phi) is 4.50. The summed E-state index contributed by atoms with van der Waals surface area (Å²) in [4.78, 5) is 14.9. The van der Waals surface area contributed by atoms with Crippen LogP contribution in [0.25, 0.3) is 0 Å². The van der Waals surface area contributed by atoms with Gasteiger partial charge in [-0.25, -0.2) is 4.79 Å². The predicted octanol–water partition coefficient (Wildman–Crippen LogP) is 2.51. The van der Waals surface area contributed by atoms with Gasteiger partial charge in [0.05, 0.1) is 0 Å². The number of hydrogen-bond acceptors (Lipinski definition) is 3. The maximum atomic E-state index is 10.4. The molecule has 0 saturated heterocycles. The smallest absolute Gasteiger partial charge is 0.319 e. The highest BCUT2D eigenvalue weighted by atomic mass is 16.7. The maximum Gasteiger partial charge on any atom is 0.331 e. The van der Waals surface area contributed by atoms with Gasteiger partial charge in [0.15, 0.2) is 0 Å². The number of carbonyl (C=O) groups is 1. The molecule has 1 fully saturated rings. The van der Waals surface area contributed by atoms with Crippen LogP contribution in [0.2, 0.25) is 0 Å². The van der Waals surface area contributed by atoms with Gasteiger partial charge in [-0.15, -0.1) is 0 Å². The van der Waals surface area contributed by atoms with Crippen LogP contribution in [0.15, 0.2) is 5.16 Å². The van der Waals surface area contributed by atoms with Gasteiger partial charge >= 0.3 is 5.97 Å². The first-order valence-electron chi connectivity index (χ1n) is 5.00. The summed E-state index contributed by atoms with van der Waals surface area (Å²) in [6.45, 7) is 1.37. The zero-order chi connectivity index (χ0) is 9.52. The molecule has 0 aromatic carbocycles. The van der Waals surface area contributed by atoms with Crippen LogP contribution in [0.1, 0.15) is 45.4 Å². The summed E-state index contributed by atoms with van der Waals surface area (Å²) in [5, 5.41) is 3.66. The molecule has 13 heavy (non-hydrogen) atoms. The molecule has 3 nitrogen and oxygen atoms in total. The number of nitrogens with zero attached hydrogens (tertiary/aromatic N) is 1. The van der Waals surface area contributed by atoms with Crippen LogP contribution in [0.4, 0.5) is 0 Å². The van der Waals surface area contributed by atoms with Crippen molar-refractivity contribution in [1.29, 1.82) is 0 Å². The third-order valence-electron chi connectivity index (χ3n) is 2.35. The van der Waals surface area contributed by atoms with Gasteiger partial charge in [0, 0.05) is 13.1 Å². The lowest BCUT2D eigenvalue weighted by molar-refractivity contribution is -0.140. The maximum absolute atomic E-state index is 10.4. The largest absolute Gasteiger partial charge is 0.331 e. The first kappa shape index (κ1) is 10.2. The van der Waals surface area contributed by atoms with E-state index in [4.69, 9.17) is 0 Å². The predicted molar refractivity (Wildman–Crippen MR) is 51.5 cm³/mol. The molecule has 0 aromatic rings. The Morgan fingerprint density at radius 2 is 1.92 bits per heavy atom. The lowest BCUT2D eigenvalue weighted by Crippen LogP contribution is -2.01. The Balaban J connectivity index is 2.25. The fourth-order valence-corrected chi connectivity index (χ4v) is 1.65. The molecule has 0 bridgehead atoms. The molecular formula is C10H17NO2. The summed E-state index contributed by atoms with van der Waals surface area (Å²) in [6, 6.07) is 0. The molecule has 1 rings (SSSR count). The molecule has 0 amide bonds. The summed E-state index contributed by atoms with van der Waals surface area (Å²) in [5.41, 5.74) is 0. The van der Waals surface area contributed by atoms with Crippen LogP contribution in [0.3, 0.4) is 0 Å². The number of rotatable bonds is 2. The van der Waals surface area contributed by atoms with Gasteiger partial charge in [0.1, 0.15) is 0 Å². The van der Waals surface area contributed by atoms with Gasteiger partial charge in [-0.05, 0) is 18.8 Å². The zero-order valence-electron chi connectivity index (χ0n) is 8.16. The summed E-state index contributed by atoms with van der Waals surface area (Å²) in [7, 11) is 0. The highest BCUT2D eigenvalue weighted by Crippen LogP contribution is 2.21. The van der Waals surface area contributed by atoms with E-state index in [1.165, 1.54) is 45.4 Å². The van der Waals surface area contributed by atoms with E-state index in [-0.39, 0.29) is 5.97 Å². The molecule has 0 spiro atoms. The number of hydrogen-bond donors (Lipinski definition) is 0. The van der Waals surface area contributed by atoms with Crippen LogP contribution < -0.4 is 0 Å². The SMILES string of the molecule is CC(=O)O/N=C/C1CCCCCC1. The van der Waals surface area contributed by atoms with E-state index in [1.54, 1.807) is 6.21 Å². The third-order valence-corrected chi connectivity index (χ3v) is 2.35. The second-order valence-electron chi connectivity index (χ2n) is 3.59. The van der Waals surface area contributed by atoms with Crippen molar-refractivity contribution in [3.8, 4) is 0 Å². The van der Waals surface area contributed by atoms with Gasteiger partial charge in [-0.1, -0.05) is 30.8 Å². The minimum absolute atomic E-state index is 0.343. The second-order valence-corrected chi connectivity index (χ2v) is 3.59. The minimum atomic E-state index is -0.343. The summed E-state index contributed by atoms with van der Waals surface area (Å²) < 4.78 is 0. The lowest BCUT2D eigenvalue weighted by Gasteiger charge is -2.05. The van der Waals surface area contributed by atoms with Crippen LogP contribution in [-0.2, 0) is 9.63 Å². The quantitative estimate of drug-likeness (QED) is 0.285. The Labute approximate surface area is 79.1 Å². The van der Waals surface area contributed by atoms with Crippen molar-refractivity contribution in [3.63, 3.8) is 0 Å². The van der Waals surface area contributed by atoms with E-state index in [1.807, 2.05) is 0 Å². The van der Waals surface area contributed by atoms with E-state index in [2.05, 4.69) is 9.99 Å². The molecule has 0 unspecified atom stereocenters. The highest BCUT2D eigenvalue weighted by molar-refractivity contribution is 5.67. The Morgan fingerprint density at radius 3 is 2.46 bits per heavy atom. The number of carbonyl (C=O) groups excluding carboxylic acids is 1. The van der Waals surface area contributed by atoms with Crippen molar-refractivity contribution in [3.05, 3.63) is 0 Å². The third kappa shape index (κ3) is 4.65. The summed E-state index contributed by atoms with van der Waals surface area (Å²) in [5.74, 6) is 0.173. The minimum Gasteiger partial charge on any atom is -0.319 e. The van der Waals surface area contributed by atoms with Crippen LogP contribution in [0, 0.1) is 5.92 Å². The molecule has 0 radical (unpaired) electrons. The molecule has 0 atom stereocenters. The zero-order valence-corrected chi connectivity index (χ0v) is 8.16. The van der Waals surface area contributed by atoms with Crippen LogP contribution >= 0.6 is 0 Å². The first-order valence-corrected chi connectivity index (χ1v) is 5.00. The Bertz CT molecular complexity index is 181. The fourth-order valence-electron chi connectivity index (χ4n) is 1.65. The Hall–Kier alpha value is -0.860. The Morgan fingerprint density at radius 1 is 1.31 bits per heavy atom. The fraction of sp³-hybridized carbons (Fsp3) is 0.800. The number of oxime groups is 1. The molecule has 0 aliphatic heterocycles. The standard InChI is InChI=1S/C10H17NO2/c1-9(12)13-11-8-10-6-4-2-3-5-7-10/h8,10H,2-7H2,1H3/b11-8+. The molecule has 3 heteroatoms. The van der Waals surface area contributed by atoms with E-state index < -0.39 is 0 Å². The van der Waals surface area contributed by atoms with Crippen molar-refractivity contribution >= 4 is 12.2 Å². The second kappa shape index (κ2) is 5.73. The molecule has 0 N–H and O–H groups in total. The van der Waals surface area contributed by atoms with E-state index in [0.29, 0.717) is 5.92 Å². The molecule has 0 heterocycles. The van der Waals surface area contributed by atoms with Gasteiger partial charge in [-0.3, -0.25) is 0 Å². The van der Waals surface area contributed by atoms with Gasteiger partial charge < -0.3 is 4.84 Å². The molecule has 1 aliphatic rings. The van der Waals surface area contributed by atoms with Gasteiger partial charge in [-0.2, -0.15) is 0 Å². The molecule has 0 aromatic heterocycles. The average molecular weight is 183 g/mol. The van der Waals surface area contributed by atoms with Crippen LogP contribution in [-0.4, -0.2) is 12.2 Å². The van der Waals surface area contributed by atoms with Crippen molar-refractivity contribution < 1.29 is 9.63 Å². The molecule has 1 saturated carbocycles. The summed E-state index contributed by atoms with van der Waals surface area (Å²) >= 11 is 0. The molecule has 74 valence electrons. The first-order chi connectivity index (χ1) is 6.29. The molecular weight excluding hydrogens is 166 g/mol. The van der Waals surface area contributed by atoms with E-state index >= 15 is 0 Å². The lowest BCUT2D eigenvalue weighted by atomic mass is 10.0. The van der Waals surface area contributed by atoms with Crippen molar-refractivity contribution in [2.24, 2.45) is 11.1 Å². The monoisotopic (exact) mass is 183 g/mol. The van der Waals surface area contributed by atoms with Gasteiger partial charge in [0.25, 0.3) is 0 Å².